The van der Waals surface area contributed by atoms with E-state index in [2.05, 4.69) is 4.98 Å². The van der Waals surface area contributed by atoms with E-state index < -0.39 is 0 Å². The van der Waals surface area contributed by atoms with Crippen LogP contribution < -0.4 is 9.47 Å². The highest BCUT2D eigenvalue weighted by molar-refractivity contribution is 7.13. The Morgan fingerprint density at radius 1 is 1.05 bits per heavy atom. The molecule has 1 aromatic heterocycles. The molecule has 5 heteroatoms. The molecular weight excluding hydrogens is 286 g/mol. The van der Waals surface area contributed by atoms with Crippen LogP contribution in [0.5, 0.6) is 17.2 Å². The van der Waals surface area contributed by atoms with Gasteiger partial charge in [-0.1, -0.05) is 12.1 Å². The number of nitrogens with zero attached hydrogens (tertiary/aromatic N) is 1. The molecule has 1 N–H and O–H groups in total. The van der Waals surface area contributed by atoms with Crippen LogP contribution in [0.1, 0.15) is 0 Å². The molecule has 21 heavy (non-hydrogen) atoms. The number of benzene rings is 2. The Bertz CT molecular complexity index is 813. The Labute approximate surface area is 125 Å². The second-order valence-corrected chi connectivity index (χ2v) is 5.48. The van der Waals surface area contributed by atoms with Gasteiger partial charge in [0.25, 0.3) is 0 Å². The summed E-state index contributed by atoms with van der Waals surface area (Å²) in [5.74, 6) is 1.74. The number of aromatic nitrogens is 1. The molecule has 0 amide bonds. The smallest absolute Gasteiger partial charge is 0.231 e. The summed E-state index contributed by atoms with van der Waals surface area (Å²) in [6, 6.07) is 13.0. The fourth-order valence-electron chi connectivity index (χ4n) is 2.24. The lowest BCUT2D eigenvalue weighted by Crippen LogP contribution is -1.92. The van der Waals surface area contributed by atoms with E-state index in [1.165, 1.54) is 11.3 Å². The van der Waals surface area contributed by atoms with Crippen LogP contribution in [0.4, 0.5) is 0 Å². The van der Waals surface area contributed by atoms with Crippen molar-refractivity contribution in [3.05, 3.63) is 47.8 Å². The first-order chi connectivity index (χ1) is 10.3. The number of para-hydroxylation sites is 1. The van der Waals surface area contributed by atoms with Crippen LogP contribution in [0.3, 0.4) is 0 Å². The minimum Gasteiger partial charge on any atom is -0.507 e. The van der Waals surface area contributed by atoms with Crippen LogP contribution in [0.15, 0.2) is 47.8 Å². The Hall–Kier alpha value is -2.53. The molecule has 2 heterocycles. The molecule has 0 atom stereocenters. The zero-order valence-electron chi connectivity index (χ0n) is 10.9. The monoisotopic (exact) mass is 297 g/mol. The molecule has 0 aliphatic carbocycles. The van der Waals surface area contributed by atoms with E-state index in [9.17, 15) is 5.11 Å². The number of ether oxygens (including phenoxy) is 2. The van der Waals surface area contributed by atoms with Crippen LogP contribution in [0, 0.1) is 0 Å². The van der Waals surface area contributed by atoms with Crippen molar-refractivity contribution in [3.8, 4) is 39.1 Å². The zero-order valence-corrected chi connectivity index (χ0v) is 11.8. The van der Waals surface area contributed by atoms with Crippen molar-refractivity contribution in [3.63, 3.8) is 0 Å². The summed E-state index contributed by atoms with van der Waals surface area (Å²) in [6.07, 6.45) is 0. The van der Waals surface area contributed by atoms with E-state index in [-0.39, 0.29) is 12.5 Å². The number of phenolic OH excluding ortho intramolecular Hbond substituents is 1. The van der Waals surface area contributed by atoms with Crippen LogP contribution in [0.25, 0.3) is 21.8 Å². The molecule has 0 unspecified atom stereocenters. The first-order valence-electron chi connectivity index (χ1n) is 6.45. The molecule has 2 aromatic carbocycles. The van der Waals surface area contributed by atoms with E-state index in [1.807, 2.05) is 35.7 Å². The Kier molecular flexibility index (Phi) is 2.79. The molecule has 0 spiro atoms. The van der Waals surface area contributed by atoms with Crippen molar-refractivity contribution < 1.29 is 14.6 Å². The van der Waals surface area contributed by atoms with Gasteiger partial charge in [0, 0.05) is 10.9 Å². The predicted molar refractivity (Wildman–Crippen MR) is 80.8 cm³/mol. The van der Waals surface area contributed by atoms with Gasteiger partial charge in [-0.3, -0.25) is 0 Å². The molecule has 0 saturated heterocycles. The predicted octanol–water partition coefficient (Wildman–Crippen LogP) is 3.91. The molecule has 3 aromatic rings. The van der Waals surface area contributed by atoms with Crippen molar-refractivity contribution in [1.82, 2.24) is 4.98 Å². The third kappa shape index (κ3) is 2.11. The van der Waals surface area contributed by atoms with Crippen molar-refractivity contribution in [1.29, 1.82) is 0 Å². The lowest BCUT2D eigenvalue weighted by molar-refractivity contribution is 0.174. The molecule has 0 fully saturated rings. The largest absolute Gasteiger partial charge is 0.507 e. The van der Waals surface area contributed by atoms with Crippen LogP contribution in [0.2, 0.25) is 0 Å². The van der Waals surface area contributed by atoms with E-state index in [0.29, 0.717) is 0 Å². The van der Waals surface area contributed by atoms with Gasteiger partial charge in [-0.05, 0) is 30.3 Å². The molecule has 104 valence electrons. The maximum atomic E-state index is 9.90. The summed E-state index contributed by atoms with van der Waals surface area (Å²) in [4.78, 5) is 4.60. The normalized spacial score (nSPS) is 12.6. The number of rotatable bonds is 2. The SMILES string of the molecule is Oc1ccccc1-c1nc(-c2ccc3c(c2)OCO3)cs1. The van der Waals surface area contributed by atoms with Crippen molar-refractivity contribution in [2.45, 2.75) is 0 Å². The zero-order chi connectivity index (χ0) is 14.2. The first kappa shape index (κ1) is 12.2. The maximum Gasteiger partial charge on any atom is 0.231 e. The molecule has 0 radical (unpaired) electrons. The summed E-state index contributed by atoms with van der Waals surface area (Å²) < 4.78 is 10.7. The Balaban J connectivity index is 1.73. The number of fused-ring (bicyclic) bond motifs is 1. The van der Waals surface area contributed by atoms with E-state index in [4.69, 9.17) is 9.47 Å². The lowest BCUT2D eigenvalue weighted by Gasteiger charge is -2.00. The standard InChI is InChI=1S/C16H11NO3S/c18-13-4-2-1-3-11(13)16-17-12(8-21-16)10-5-6-14-15(7-10)20-9-19-14/h1-8,18H,9H2. The first-order valence-corrected chi connectivity index (χ1v) is 7.33. The number of hydrogen-bond donors (Lipinski definition) is 1. The van der Waals surface area contributed by atoms with Gasteiger partial charge in [0.15, 0.2) is 11.5 Å². The van der Waals surface area contributed by atoms with Crippen molar-refractivity contribution in [2.24, 2.45) is 0 Å². The molecule has 1 aliphatic heterocycles. The van der Waals surface area contributed by atoms with Crippen LogP contribution in [-0.4, -0.2) is 16.9 Å². The fourth-order valence-corrected chi connectivity index (χ4v) is 3.10. The minimum absolute atomic E-state index is 0.240. The van der Waals surface area contributed by atoms with Crippen molar-refractivity contribution >= 4 is 11.3 Å². The maximum absolute atomic E-state index is 9.90. The van der Waals surface area contributed by atoms with Gasteiger partial charge in [0.05, 0.1) is 11.3 Å². The molecule has 0 saturated carbocycles. The number of phenols is 1. The summed E-state index contributed by atoms with van der Waals surface area (Å²) >= 11 is 1.50. The molecular formula is C16H11NO3S. The molecule has 4 nitrogen and oxygen atoms in total. The number of hydrogen-bond acceptors (Lipinski definition) is 5. The highest BCUT2D eigenvalue weighted by Crippen LogP contribution is 2.38. The average molecular weight is 297 g/mol. The number of thiazole rings is 1. The molecule has 4 rings (SSSR count). The van der Waals surface area contributed by atoms with Gasteiger partial charge in [0.1, 0.15) is 10.8 Å². The minimum atomic E-state index is 0.240. The second kappa shape index (κ2) is 4.79. The van der Waals surface area contributed by atoms with E-state index in [1.54, 1.807) is 12.1 Å². The van der Waals surface area contributed by atoms with Crippen molar-refractivity contribution in [2.75, 3.05) is 6.79 Å². The van der Waals surface area contributed by atoms with Gasteiger partial charge in [-0.2, -0.15) is 0 Å². The van der Waals surface area contributed by atoms with Gasteiger partial charge in [0.2, 0.25) is 6.79 Å². The van der Waals surface area contributed by atoms with Crippen LogP contribution in [-0.2, 0) is 0 Å². The van der Waals surface area contributed by atoms with E-state index in [0.717, 1.165) is 33.3 Å². The fraction of sp³-hybridized carbons (Fsp3) is 0.0625. The lowest BCUT2D eigenvalue weighted by atomic mass is 10.1. The second-order valence-electron chi connectivity index (χ2n) is 4.62. The average Bonchev–Trinajstić information content (AvgIpc) is 3.16. The Morgan fingerprint density at radius 3 is 2.81 bits per heavy atom. The van der Waals surface area contributed by atoms with Gasteiger partial charge >= 0.3 is 0 Å². The van der Waals surface area contributed by atoms with Crippen LogP contribution >= 0.6 is 11.3 Å². The number of aromatic hydroxyl groups is 1. The summed E-state index contributed by atoms with van der Waals surface area (Å²) in [6.45, 7) is 0.263. The molecule has 1 aliphatic rings. The quantitative estimate of drug-likeness (QED) is 0.779. The Morgan fingerprint density at radius 2 is 1.90 bits per heavy atom. The van der Waals surface area contributed by atoms with Gasteiger partial charge in [-0.15, -0.1) is 11.3 Å². The van der Waals surface area contributed by atoms with E-state index >= 15 is 0 Å². The van der Waals surface area contributed by atoms with Gasteiger partial charge in [-0.25, -0.2) is 4.98 Å². The highest BCUT2D eigenvalue weighted by Gasteiger charge is 2.15. The summed E-state index contributed by atoms with van der Waals surface area (Å²) in [5, 5.41) is 12.7. The third-order valence-corrected chi connectivity index (χ3v) is 4.18. The van der Waals surface area contributed by atoms with Gasteiger partial charge < -0.3 is 14.6 Å². The molecule has 0 bridgehead atoms. The highest BCUT2D eigenvalue weighted by atomic mass is 32.1. The topological polar surface area (TPSA) is 51.6 Å². The third-order valence-electron chi connectivity index (χ3n) is 3.31. The summed E-state index contributed by atoms with van der Waals surface area (Å²) in [7, 11) is 0. The summed E-state index contributed by atoms with van der Waals surface area (Å²) in [5.41, 5.74) is 2.57.